The molecular formula is C15H19N3O3. The van der Waals surface area contributed by atoms with Gasteiger partial charge >= 0.3 is 0 Å². The van der Waals surface area contributed by atoms with Crippen LogP contribution < -0.4 is 5.32 Å². The molecule has 6 nitrogen and oxygen atoms in total. The van der Waals surface area contributed by atoms with E-state index in [1.165, 1.54) is 0 Å². The van der Waals surface area contributed by atoms with Gasteiger partial charge in [0.2, 0.25) is 5.91 Å². The molecule has 0 bridgehead atoms. The zero-order chi connectivity index (χ0) is 14.7. The van der Waals surface area contributed by atoms with Crippen LogP contribution in [0.1, 0.15) is 12.8 Å². The lowest BCUT2D eigenvalue weighted by molar-refractivity contribution is -0.125. The van der Waals surface area contributed by atoms with E-state index in [2.05, 4.69) is 10.3 Å². The number of fused-ring (bicyclic) bond motifs is 1. The van der Waals surface area contributed by atoms with Crippen LogP contribution in [0.5, 0.6) is 0 Å². The van der Waals surface area contributed by atoms with E-state index in [4.69, 9.17) is 4.74 Å². The molecule has 0 aliphatic carbocycles. The van der Waals surface area contributed by atoms with Crippen LogP contribution in [0.2, 0.25) is 0 Å². The van der Waals surface area contributed by atoms with Crippen molar-refractivity contribution in [3.63, 3.8) is 0 Å². The van der Waals surface area contributed by atoms with Gasteiger partial charge in [-0.2, -0.15) is 0 Å². The molecule has 0 spiro atoms. The second kappa shape index (κ2) is 5.83. The Kier molecular flexibility index (Phi) is 3.90. The lowest BCUT2D eigenvalue weighted by Gasteiger charge is -2.36. The third-order valence-electron chi connectivity index (χ3n) is 4.00. The molecule has 1 fully saturated rings. The minimum Gasteiger partial charge on any atom is -0.394 e. The maximum Gasteiger partial charge on any atom is 0.240 e. The van der Waals surface area contributed by atoms with Gasteiger partial charge in [-0.15, -0.1) is 0 Å². The van der Waals surface area contributed by atoms with Gasteiger partial charge in [-0.05, 0) is 25.0 Å². The maximum atomic E-state index is 12.3. The fourth-order valence-corrected chi connectivity index (χ4v) is 2.71. The van der Waals surface area contributed by atoms with Crippen molar-refractivity contribution in [2.75, 3.05) is 19.8 Å². The molecule has 0 unspecified atom stereocenters. The second-order valence-electron chi connectivity index (χ2n) is 5.46. The van der Waals surface area contributed by atoms with Crippen molar-refractivity contribution >= 4 is 16.9 Å². The Morgan fingerprint density at radius 3 is 2.90 bits per heavy atom. The van der Waals surface area contributed by atoms with Crippen molar-refractivity contribution in [2.45, 2.75) is 24.9 Å². The number of hydrogen-bond acceptors (Lipinski definition) is 4. The normalized spacial score (nSPS) is 17.8. The number of para-hydroxylation sites is 2. The predicted molar refractivity (Wildman–Crippen MR) is 77.7 cm³/mol. The number of carbonyl (C=O) groups excluding carboxylic acids is 1. The number of carbonyl (C=O) groups is 1. The average Bonchev–Trinajstić information content (AvgIpc) is 2.91. The van der Waals surface area contributed by atoms with Gasteiger partial charge in [0.25, 0.3) is 0 Å². The van der Waals surface area contributed by atoms with Gasteiger partial charge in [-0.25, -0.2) is 4.98 Å². The van der Waals surface area contributed by atoms with Crippen molar-refractivity contribution in [3.8, 4) is 0 Å². The quantitative estimate of drug-likeness (QED) is 0.868. The Morgan fingerprint density at radius 2 is 2.14 bits per heavy atom. The predicted octanol–water partition coefficient (Wildman–Crippen LogP) is 0.694. The standard InChI is InChI=1S/C15H19N3O3/c19-10-15(5-7-21-8-6-15)17-14(20)9-18-11-16-12-3-1-2-4-13(12)18/h1-4,11,19H,5-10H2,(H,17,20). The summed E-state index contributed by atoms with van der Waals surface area (Å²) in [7, 11) is 0. The van der Waals surface area contributed by atoms with Crippen LogP contribution in [0.4, 0.5) is 0 Å². The summed E-state index contributed by atoms with van der Waals surface area (Å²) in [6.45, 7) is 1.26. The summed E-state index contributed by atoms with van der Waals surface area (Å²) in [4.78, 5) is 16.5. The van der Waals surface area contributed by atoms with E-state index in [0.717, 1.165) is 11.0 Å². The van der Waals surface area contributed by atoms with Gasteiger partial charge in [-0.1, -0.05) is 12.1 Å². The molecule has 21 heavy (non-hydrogen) atoms. The first-order chi connectivity index (χ1) is 10.2. The molecule has 0 atom stereocenters. The van der Waals surface area contributed by atoms with E-state index in [9.17, 15) is 9.90 Å². The van der Waals surface area contributed by atoms with Crippen LogP contribution in [0.25, 0.3) is 11.0 Å². The molecule has 3 rings (SSSR count). The molecule has 1 saturated heterocycles. The van der Waals surface area contributed by atoms with Gasteiger partial charge in [0, 0.05) is 13.2 Å². The first-order valence-corrected chi connectivity index (χ1v) is 7.12. The van der Waals surface area contributed by atoms with Crippen LogP contribution in [0, 0.1) is 0 Å². The van der Waals surface area contributed by atoms with Gasteiger partial charge in [0.05, 0.1) is 29.5 Å². The number of aliphatic hydroxyl groups is 1. The molecule has 1 aromatic heterocycles. The zero-order valence-electron chi connectivity index (χ0n) is 11.8. The monoisotopic (exact) mass is 289 g/mol. The third kappa shape index (κ3) is 2.91. The van der Waals surface area contributed by atoms with Crippen molar-refractivity contribution in [1.29, 1.82) is 0 Å². The Morgan fingerprint density at radius 1 is 1.38 bits per heavy atom. The number of nitrogens with zero attached hydrogens (tertiary/aromatic N) is 2. The number of rotatable bonds is 4. The SMILES string of the molecule is O=C(Cn1cnc2ccccc21)NC1(CO)CCOCC1. The van der Waals surface area contributed by atoms with Crippen molar-refractivity contribution in [2.24, 2.45) is 0 Å². The molecule has 1 aliphatic heterocycles. The number of benzene rings is 1. The fourth-order valence-electron chi connectivity index (χ4n) is 2.71. The number of hydrogen-bond donors (Lipinski definition) is 2. The Hall–Kier alpha value is -1.92. The van der Waals surface area contributed by atoms with Gasteiger partial charge in [-0.3, -0.25) is 4.79 Å². The van der Waals surface area contributed by atoms with Crippen LogP contribution in [-0.2, 0) is 16.1 Å². The van der Waals surface area contributed by atoms with Crippen LogP contribution in [0.15, 0.2) is 30.6 Å². The van der Waals surface area contributed by atoms with E-state index in [1.807, 2.05) is 28.8 Å². The number of nitrogens with one attached hydrogen (secondary N) is 1. The van der Waals surface area contributed by atoms with Crippen molar-refractivity contribution < 1.29 is 14.6 Å². The molecule has 2 aromatic rings. The third-order valence-corrected chi connectivity index (χ3v) is 4.00. The smallest absolute Gasteiger partial charge is 0.240 e. The van der Waals surface area contributed by atoms with E-state index in [0.29, 0.717) is 26.1 Å². The molecular weight excluding hydrogens is 270 g/mol. The van der Waals surface area contributed by atoms with E-state index in [1.54, 1.807) is 6.33 Å². The van der Waals surface area contributed by atoms with Crippen LogP contribution in [-0.4, -0.2) is 45.9 Å². The number of aliphatic hydroxyl groups excluding tert-OH is 1. The summed E-state index contributed by atoms with van der Waals surface area (Å²) in [6.07, 6.45) is 2.94. The Labute approximate surface area is 122 Å². The van der Waals surface area contributed by atoms with Crippen molar-refractivity contribution in [1.82, 2.24) is 14.9 Å². The summed E-state index contributed by atoms with van der Waals surface area (Å²) in [5.41, 5.74) is 1.25. The number of amides is 1. The first-order valence-electron chi connectivity index (χ1n) is 7.12. The van der Waals surface area contributed by atoms with Crippen molar-refractivity contribution in [3.05, 3.63) is 30.6 Å². The lowest BCUT2D eigenvalue weighted by Crippen LogP contribution is -2.55. The highest BCUT2D eigenvalue weighted by molar-refractivity contribution is 5.80. The second-order valence-corrected chi connectivity index (χ2v) is 5.46. The summed E-state index contributed by atoms with van der Waals surface area (Å²) < 4.78 is 7.11. The number of aromatic nitrogens is 2. The van der Waals surface area contributed by atoms with Gasteiger partial charge in [0.1, 0.15) is 6.54 Å². The summed E-state index contributed by atoms with van der Waals surface area (Å²) >= 11 is 0. The van der Waals surface area contributed by atoms with E-state index >= 15 is 0 Å². The first kappa shape index (κ1) is 14.0. The summed E-state index contributed by atoms with van der Waals surface area (Å²) in [6, 6.07) is 7.69. The molecule has 0 saturated carbocycles. The minimum atomic E-state index is -0.550. The molecule has 6 heteroatoms. The molecule has 1 amide bonds. The number of imidazole rings is 1. The Bertz CT molecular complexity index is 632. The molecule has 2 heterocycles. The van der Waals surface area contributed by atoms with E-state index in [-0.39, 0.29) is 19.1 Å². The molecule has 112 valence electrons. The Balaban J connectivity index is 1.71. The average molecular weight is 289 g/mol. The molecule has 0 radical (unpaired) electrons. The largest absolute Gasteiger partial charge is 0.394 e. The highest BCUT2D eigenvalue weighted by Gasteiger charge is 2.33. The fraction of sp³-hybridized carbons (Fsp3) is 0.467. The zero-order valence-corrected chi connectivity index (χ0v) is 11.8. The summed E-state index contributed by atoms with van der Waals surface area (Å²) in [5, 5.41) is 12.6. The topological polar surface area (TPSA) is 76.4 Å². The highest BCUT2D eigenvalue weighted by Crippen LogP contribution is 2.20. The van der Waals surface area contributed by atoms with Crippen LogP contribution >= 0.6 is 0 Å². The maximum absolute atomic E-state index is 12.3. The van der Waals surface area contributed by atoms with E-state index < -0.39 is 5.54 Å². The number of ether oxygens (including phenoxy) is 1. The highest BCUT2D eigenvalue weighted by atomic mass is 16.5. The molecule has 1 aliphatic rings. The minimum absolute atomic E-state index is 0.0627. The lowest BCUT2D eigenvalue weighted by atomic mass is 9.91. The summed E-state index contributed by atoms with van der Waals surface area (Å²) in [5.74, 6) is -0.117. The molecule has 1 aromatic carbocycles. The molecule has 2 N–H and O–H groups in total. The van der Waals surface area contributed by atoms with Crippen LogP contribution in [0.3, 0.4) is 0 Å². The van der Waals surface area contributed by atoms with Gasteiger partial charge in [0.15, 0.2) is 0 Å². The van der Waals surface area contributed by atoms with Gasteiger partial charge < -0.3 is 19.7 Å².